The molecule has 6 nitrogen and oxygen atoms in total. The quantitative estimate of drug-likeness (QED) is 0.281. The monoisotopic (exact) mass is 516 g/mol. The van der Waals surface area contributed by atoms with E-state index in [1.807, 2.05) is 32.9 Å². The van der Waals surface area contributed by atoms with E-state index in [4.69, 9.17) is 37.7 Å². The molecule has 0 radical (unpaired) electrons. The molecule has 0 spiro atoms. The Labute approximate surface area is 211 Å². The molecule has 0 N–H and O–H groups in total. The molecule has 176 valence electrons. The van der Waals surface area contributed by atoms with E-state index in [0.29, 0.717) is 15.7 Å². The first-order valence-electron chi connectivity index (χ1n) is 10.5. The van der Waals surface area contributed by atoms with Crippen LogP contribution in [-0.2, 0) is 14.3 Å². The van der Waals surface area contributed by atoms with Crippen molar-refractivity contribution in [3.05, 3.63) is 74.7 Å². The molecule has 2 aromatic heterocycles. The van der Waals surface area contributed by atoms with Gasteiger partial charge in [-0.2, -0.15) is 0 Å². The third-order valence-corrected chi connectivity index (χ3v) is 7.63. The minimum atomic E-state index is -0.940. The predicted octanol–water partition coefficient (Wildman–Crippen LogP) is 6.75. The molecule has 1 aromatic carbocycles. The third kappa shape index (κ3) is 4.35. The average Bonchev–Trinajstić information content (AvgIpc) is 3.14. The van der Waals surface area contributed by atoms with Crippen LogP contribution in [0.4, 0.5) is 0 Å². The van der Waals surface area contributed by atoms with Crippen LogP contribution >= 0.6 is 34.5 Å². The fraction of sp³-hybridized carbons (Fsp3) is 0.280. The summed E-state index contributed by atoms with van der Waals surface area (Å²) in [7, 11) is 0. The molecule has 34 heavy (non-hydrogen) atoms. The Bertz CT molecular complexity index is 1310. The molecule has 0 unspecified atom stereocenters. The SMILES string of the molecule is Cc1sc(-c2ccc(Cl)cc2)nc1C1=C(OC(=O)c2ccc(Cl)nc2)C(C)(C)C(C)(C)OC1=O. The lowest BCUT2D eigenvalue weighted by molar-refractivity contribution is -0.164. The van der Waals surface area contributed by atoms with Crippen LogP contribution in [0.2, 0.25) is 10.2 Å². The maximum Gasteiger partial charge on any atom is 0.344 e. The second-order valence-electron chi connectivity index (χ2n) is 8.92. The number of aromatic nitrogens is 2. The van der Waals surface area contributed by atoms with Crippen molar-refractivity contribution in [3.63, 3.8) is 0 Å². The van der Waals surface area contributed by atoms with E-state index in [-0.39, 0.29) is 22.0 Å². The Balaban J connectivity index is 1.86. The normalized spacial score (nSPS) is 16.9. The number of rotatable bonds is 4. The highest BCUT2D eigenvalue weighted by Crippen LogP contribution is 2.49. The van der Waals surface area contributed by atoms with Gasteiger partial charge in [0.15, 0.2) is 0 Å². The van der Waals surface area contributed by atoms with Gasteiger partial charge in [0, 0.05) is 21.7 Å². The lowest BCUT2D eigenvalue weighted by Crippen LogP contribution is -2.49. The number of pyridine rings is 1. The molecule has 0 fully saturated rings. The molecule has 1 aliphatic rings. The van der Waals surface area contributed by atoms with Gasteiger partial charge in [0.2, 0.25) is 0 Å². The van der Waals surface area contributed by atoms with Gasteiger partial charge in [-0.15, -0.1) is 11.3 Å². The van der Waals surface area contributed by atoms with Gasteiger partial charge in [0.25, 0.3) is 0 Å². The van der Waals surface area contributed by atoms with Crippen molar-refractivity contribution in [3.8, 4) is 10.6 Å². The number of nitrogens with zero attached hydrogens (tertiary/aromatic N) is 2. The van der Waals surface area contributed by atoms with Crippen LogP contribution in [0.15, 0.2) is 48.4 Å². The van der Waals surface area contributed by atoms with Crippen molar-refractivity contribution in [2.45, 2.75) is 40.2 Å². The molecule has 3 heterocycles. The maximum absolute atomic E-state index is 13.3. The first kappa shape index (κ1) is 24.4. The molecule has 3 aromatic rings. The zero-order chi connectivity index (χ0) is 24.8. The minimum Gasteiger partial charge on any atom is -0.455 e. The highest BCUT2D eigenvalue weighted by Gasteiger charge is 2.52. The van der Waals surface area contributed by atoms with Crippen LogP contribution < -0.4 is 0 Å². The van der Waals surface area contributed by atoms with Gasteiger partial charge < -0.3 is 9.47 Å². The largest absolute Gasteiger partial charge is 0.455 e. The Morgan fingerprint density at radius 1 is 1.06 bits per heavy atom. The summed E-state index contributed by atoms with van der Waals surface area (Å²) in [4.78, 5) is 35.8. The Hall–Kier alpha value is -2.74. The van der Waals surface area contributed by atoms with Crippen LogP contribution in [0.25, 0.3) is 16.1 Å². The van der Waals surface area contributed by atoms with Crippen molar-refractivity contribution in [1.82, 2.24) is 9.97 Å². The summed E-state index contributed by atoms with van der Waals surface area (Å²) in [5.74, 6) is -1.05. The molecule has 0 bridgehead atoms. The lowest BCUT2D eigenvalue weighted by Gasteiger charge is -2.45. The molecule has 0 amide bonds. The minimum absolute atomic E-state index is 0.133. The Morgan fingerprint density at radius 3 is 2.35 bits per heavy atom. The number of benzene rings is 1. The van der Waals surface area contributed by atoms with Crippen LogP contribution in [0.1, 0.15) is 48.6 Å². The Morgan fingerprint density at radius 2 is 1.74 bits per heavy atom. The fourth-order valence-electron chi connectivity index (χ4n) is 3.46. The smallest absolute Gasteiger partial charge is 0.344 e. The van der Waals surface area contributed by atoms with E-state index < -0.39 is 23.0 Å². The van der Waals surface area contributed by atoms with E-state index in [0.717, 1.165) is 10.4 Å². The molecule has 4 rings (SSSR count). The van der Waals surface area contributed by atoms with Crippen molar-refractivity contribution < 1.29 is 19.1 Å². The molecule has 0 saturated carbocycles. The fourth-order valence-corrected chi connectivity index (χ4v) is 4.63. The molecule has 0 atom stereocenters. The van der Waals surface area contributed by atoms with Crippen LogP contribution in [0, 0.1) is 12.3 Å². The van der Waals surface area contributed by atoms with Gasteiger partial charge >= 0.3 is 11.9 Å². The first-order valence-corrected chi connectivity index (χ1v) is 12.0. The lowest BCUT2D eigenvalue weighted by atomic mass is 9.72. The van der Waals surface area contributed by atoms with Gasteiger partial charge in [-0.3, -0.25) is 0 Å². The summed E-state index contributed by atoms with van der Waals surface area (Å²) in [6.07, 6.45) is 1.33. The van der Waals surface area contributed by atoms with Crippen molar-refractivity contribution in [2.75, 3.05) is 0 Å². The van der Waals surface area contributed by atoms with Crippen LogP contribution in [-0.4, -0.2) is 27.5 Å². The van der Waals surface area contributed by atoms with Gasteiger partial charge in [-0.05, 0) is 58.9 Å². The second kappa shape index (κ2) is 8.80. The number of hydrogen-bond acceptors (Lipinski definition) is 7. The van der Waals surface area contributed by atoms with Crippen LogP contribution in [0.5, 0.6) is 0 Å². The highest BCUT2D eigenvalue weighted by molar-refractivity contribution is 7.15. The van der Waals surface area contributed by atoms with Crippen molar-refractivity contribution in [2.24, 2.45) is 5.41 Å². The van der Waals surface area contributed by atoms with Crippen molar-refractivity contribution in [1.29, 1.82) is 0 Å². The zero-order valence-electron chi connectivity index (χ0n) is 19.2. The van der Waals surface area contributed by atoms with Gasteiger partial charge in [-0.1, -0.05) is 35.3 Å². The number of halogens is 2. The number of ether oxygens (including phenoxy) is 2. The standard InChI is InChI=1S/C25H22Cl2N2O4S/c1-13-19(29-21(34-13)14-6-9-16(26)10-7-14)18-20(24(2,3)25(4,5)33-23(18)31)32-22(30)15-8-11-17(27)28-12-15/h6-12H,1-5H3. The first-order chi connectivity index (χ1) is 15.9. The summed E-state index contributed by atoms with van der Waals surface area (Å²) in [6, 6.07) is 10.3. The number of aryl methyl sites for hydroxylation is 1. The van der Waals surface area contributed by atoms with Gasteiger partial charge in [-0.25, -0.2) is 19.6 Å². The molecule has 9 heteroatoms. The maximum atomic E-state index is 13.3. The highest BCUT2D eigenvalue weighted by atomic mass is 35.5. The van der Waals surface area contributed by atoms with Crippen LogP contribution in [0.3, 0.4) is 0 Å². The van der Waals surface area contributed by atoms with E-state index in [1.54, 1.807) is 26.0 Å². The number of carbonyl (C=O) groups is 2. The molecule has 1 aliphatic heterocycles. The predicted molar refractivity (Wildman–Crippen MR) is 133 cm³/mol. The summed E-state index contributed by atoms with van der Waals surface area (Å²) in [5, 5.41) is 1.58. The van der Waals surface area contributed by atoms with Gasteiger partial charge in [0.1, 0.15) is 27.1 Å². The summed E-state index contributed by atoms with van der Waals surface area (Å²) >= 11 is 13.3. The van der Waals surface area contributed by atoms with Gasteiger partial charge in [0.05, 0.1) is 16.7 Å². The third-order valence-electron chi connectivity index (χ3n) is 6.13. The van der Waals surface area contributed by atoms with E-state index in [2.05, 4.69) is 4.98 Å². The Kier molecular flexibility index (Phi) is 6.31. The van der Waals surface area contributed by atoms with E-state index in [1.165, 1.54) is 29.7 Å². The summed E-state index contributed by atoms with van der Waals surface area (Å²) in [6.45, 7) is 9.16. The number of thiazole rings is 1. The van der Waals surface area contributed by atoms with E-state index in [9.17, 15) is 9.59 Å². The molecule has 0 saturated heterocycles. The second-order valence-corrected chi connectivity index (χ2v) is 10.9. The molecule has 0 aliphatic carbocycles. The zero-order valence-corrected chi connectivity index (χ0v) is 21.6. The van der Waals surface area contributed by atoms with E-state index >= 15 is 0 Å². The number of esters is 2. The summed E-state index contributed by atoms with van der Waals surface area (Å²) < 4.78 is 11.7. The summed E-state index contributed by atoms with van der Waals surface area (Å²) in [5.41, 5.74) is -0.166. The number of carbonyl (C=O) groups excluding carboxylic acids is 2. The topological polar surface area (TPSA) is 78.4 Å². The number of cyclic esters (lactones) is 1. The average molecular weight is 517 g/mol. The number of hydrogen-bond donors (Lipinski definition) is 0. The molecular formula is C25H22Cl2N2O4S. The van der Waals surface area contributed by atoms with Crippen molar-refractivity contribution >= 4 is 52.1 Å². The molecular weight excluding hydrogens is 495 g/mol.